The van der Waals surface area contributed by atoms with Gasteiger partial charge in [0.25, 0.3) is 0 Å². The van der Waals surface area contributed by atoms with Gasteiger partial charge in [-0.05, 0) is 25.1 Å². The largest absolute Gasteiger partial charge is 0.361 e. The van der Waals surface area contributed by atoms with Crippen LogP contribution in [0, 0.1) is 0 Å². The van der Waals surface area contributed by atoms with Crippen molar-refractivity contribution in [1.82, 2.24) is 15.2 Å². The average molecular weight is 406 g/mol. The smallest absolute Gasteiger partial charge is 0.224 e. The number of likely N-dealkylation sites (N-methyl/N-ethyl adjacent to an activating group) is 1. The molecular weight excluding hydrogens is 362 g/mol. The lowest BCUT2D eigenvalue weighted by Gasteiger charge is -2.12. The Bertz CT molecular complexity index is 667. The van der Waals surface area contributed by atoms with E-state index in [1.165, 1.54) is 0 Å². The summed E-state index contributed by atoms with van der Waals surface area (Å²) in [4.78, 5) is 28.2. The zero-order valence-electron chi connectivity index (χ0n) is 20.0. The fourth-order valence-corrected chi connectivity index (χ4v) is 3.02. The molecule has 2 atom stereocenters. The minimum Gasteiger partial charge on any atom is -0.361 e. The van der Waals surface area contributed by atoms with Crippen LogP contribution >= 0.6 is 0 Å². The van der Waals surface area contributed by atoms with Crippen molar-refractivity contribution in [2.24, 2.45) is 0 Å². The zero-order chi connectivity index (χ0) is 22.8. The lowest BCUT2D eigenvalue weighted by atomic mass is 10.1. The second-order valence-corrected chi connectivity index (χ2v) is 5.68. The first-order valence-corrected chi connectivity index (χ1v) is 11.2. The molecule has 0 spiro atoms. The van der Waals surface area contributed by atoms with Crippen molar-refractivity contribution in [3.8, 4) is 0 Å². The molecule has 1 amide bonds. The molecule has 2 aromatic rings. The number of nitrogens with zero attached hydrogens (tertiary/aromatic N) is 1. The molecule has 5 nitrogen and oxygen atoms in total. The third kappa shape index (κ3) is 9.27. The highest BCUT2D eigenvalue weighted by Gasteiger charge is 2.29. The van der Waals surface area contributed by atoms with Crippen LogP contribution in [-0.2, 0) is 16.0 Å². The van der Waals surface area contributed by atoms with Crippen molar-refractivity contribution in [2.75, 3.05) is 13.6 Å². The highest BCUT2D eigenvalue weighted by atomic mass is 16.1. The Balaban J connectivity index is 0. The summed E-state index contributed by atoms with van der Waals surface area (Å²) in [7, 11) is 1.91. The second-order valence-electron chi connectivity index (χ2n) is 5.68. The Hall–Kier alpha value is -2.14. The number of para-hydroxylation sites is 1. The Morgan fingerprint density at radius 1 is 1.10 bits per heavy atom. The molecule has 1 aromatic carbocycles. The molecule has 3 rings (SSSR count). The van der Waals surface area contributed by atoms with E-state index in [1.54, 1.807) is 0 Å². The van der Waals surface area contributed by atoms with Gasteiger partial charge in [-0.1, -0.05) is 73.6 Å². The first kappa shape index (κ1) is 29.1. The van der Waals surface area contributed by atoms with Crippen LogP contribution in [0.4, 0.5) is 0 Å². The topological polar surface area (TPSA) is 65.2 Å². The molecule has 0 aliphatic carbocycles. The Kier molecular flexibility index (Phi) is 18.0. The van der Waals surface area contributed by atoms with Crippen molar-refractivity contribution < 1.29 is 9.59 Å². The summed E-state index contributed by atoms with van der Waals surface area (Å²) < 4.78 is 0. The molecule has 5 heteroatoms. The number of amides is 1. The van der Waals surface area contributed by atoms with Gasteiger partial charge in [0.1, 0.15) is 6.29 Å². The summed E-state index contributed by atoms with van der Waals surface area (Å²) in [5.74, 6) is 0.00435. The normalized spacial score (nSPS) is 17.1. The van der Waals surface area contributed by atoms with Crippen LogP contribution in [-0.4, -0.2) is 47.8 Å². The van der Waals surface area contributed by atoms with Gasteiger partial charge in [0.15, 0.2) is 0 Å². The molecule has 2 N–H and O–H groups in total. The molecule has 0 unspecified atom stereocenters. The number of fused-ring (bicyclic) bond motifs is 1. The molecule has 1 aliphatic heterocycles. The minimum atomic E-state index is -0.0802. The molecule has 1 fully saturated rings. The number of aldehydes is 1. The average Bonchev–Trinajstić information content (AvgIpc) is 3.36. The van der Waals surface area contributed by atoms with Crippen LogP contribution in [0.25, 0.3) is 10.9 Å². The van der Waals surface area contributed by atoms with Crippen molar-refractivity contribution in [1.29, 1.82) is 0 Å². The van der Waals surface area contributed by atoms with E-state index in [1.807, 2.05) is 97.8 Å². The number of carbonyl (C=O) groups excluding carboxylic acids is 2. The molecule has 0 bridgehead atoms. The van der Waals surface area contributed by atoms with Crippen LogP contribution < -0.4 is 5.32 Å². The maximum absolute atomic E-state index is 12.2. The molecule has 166 valence electrons. The van der Waals surface area contributed by atoms with E-state index in [-0.39, 0.29) is 18.0 Å². The number of likely N-dealkylation sites (tertiary alicyclic amines) is 1. The molecule has 1 aromatic heterocycles. The van der Waals surface area contributed by atoms with Crippen LogP contribution in [0.5, 0.6) is 0 Å². The molecule has 29 heavy (non-hydrogen) atoms. The summed E-state index contributed by atoms with van der Waals surface area (Å²) in [6.45, 7) is 16.7. The van der Waals surface area contributed by atoms with Gasteiger partial charge in [-0.15, -0.1) is 0 Å². The van der Waals surface area contributed by atoms with Crippen molar-refractivity contribution in [2.45, 2.75) is 80.3 Å². The van der Waals surface area contributed by atoms with E-state index in [0.29, 0.717) is 12.8 Å². The number of H-pyrrole nitrogens is 1. The van der Waals surface area contributed by atoms with Crippen LogP contribution in [0.1, 0.15) is 67.4 Å². The minimum absolute atomic E-state index is 0.00435. The summed E-state index contributed by atoms with van der Waals surface area (Å²) in [5, 5.41) is 4.11. The van der Waals surface area contributed by atoms with Gasteiger partial charge in [-0.2, -0.15) is 0 Å². The van der Waals surface area contributed by atoms with Gasteiger partial charge >= 0.3 is 0 Å². The monoisotopic (exact) mass is 405 g/mol. The number of carbonyl (C=O) groups is 2. The number of aromatic amines is 1. The lowest BCUT2D eigenvalue weighted by Crippen LogP contribution is -2.37. The van der Waals surface area contributed by atoms with Gasteiger partial charge < -0.3 is 15.1 Å². The van der Waals surface area contributed by atoms with E-state index < -0.39 is 0 Å². The fraction of sp³-hybridized carbons (Fsp3) is 0.583. The zero-order valence-corrected chi connectivity index (χ0v) is 20.0. The number of hydrogen-bond acceptors (Lipinski definition) is 3. The third-order valence-corrected chi connectivity index (χ3v) is 4.15. The van der Waals surface area contributed by atoms with Crippen LogP contribution in [0.15, 0.2) is 30.5 Å². The summed E-state index contributed by atoms with van der Waals surface area (Å²) in [5.41, 5.74) is 2.04. The highest BCUT2D eigenvalue weighted by molar-refractivity contribution is 5.89. The van der Waals surface area contributed by atoms with E-state index in [2.05, 4.69) is 10.3 Å². The van der Waals surface area contributed by atoms with Crippen molar-refractivity contribution in [3.05, 3.63) is 36.0 Å². The summed E-state index contributed by atoms with van der Waals surface area (Å²) >= 11 is 0. The maximum Gasteiger partial charge on any atom is 0.224 e. The summed E-state index contributed by atoms with van der Waals surface area (Å²) in [6, 6.07) is 7.93. The number of aromatic nitrogens is 1. The SMILES string of the molecule is CC.CC.CC.CC.CN1C[C@H](NC(=O)Cc2c[nH]c3ccccc23)C[C@@H]1C=O. The van der Waals surface area contributed by atoms with Gasteiger partial charge in [0.05, 0.1) is 12.5 Å². The molecule has 0 radical (unpaired) electrons. The number of rotatable bonds is 4. The maximum atomic E-state index is 12.2. The number of nitrogens with one attached hydrogen (secondary N) is 2. The van der Waals surface area contributed by atoms with Gasteiger partial charge in [-0.25, -0.2) is 0 Å². The Morgan fingerprint density at radius 2 is 1.69 bits per heavy atom. The fourth-order valence-electron chi connectivity index (χ4n) is 3.02. The van der Waals surface area contributed by atoms with E-state index in [4.69, 9.17) is 0 Å². The summed E-state index contributed by atoms with van der Waals surface area (Å²) in [6.07, 6.45) is 3.89. The van der Waals surface area contributed by atoms with E-state index in [9.17, 15) is 9.59 Å². The number of hydrogen-bond donors (Lipinski definition) is 2. The van der Waals surface area contributed by atoms with Crippen LogP contribution in [0.2, 0.25) is 0 Å². The highest BCUT2D eigenvalue weighted by Crippen LogP contribution is 2.19. The third-order valence-electron chi connectivity index (χ3n) is 4.15. The van der Waals surface area contributed by atoms with Crippen molar-refractivity contribution in [3.63, 3.8) is 0 Å². The van der Waals surface area contributed by atoms with Crippen molar-refractivity contribution >= 4 is 23.1 Å². The molecular formula is C24H43N3O2. The van der Waals surface area contributed by atoms with Gasteiger partial charge in [0, 0.05) is 29.7 Å². The second kappa shape index (κ2) is 17.9. The standard InChI is InChI=1S/C16H19N3O2.4C2H6/c1-19-9-12(7-13(19)10-20)18-16(21)6-11-8-17-15-5-3-2-4-14(11)15;4*1-2/h2-5,8,10,12-13,17H,6-7,9H2,1H3,(H,18,21);4*1-2H3/t12-,13-;;;;/m1..../s1. The molecule has 1 saturated heterocycles. The van der Waals surface area contributed by atoms with Crippen LogP contribution in [0.3, 0.4) is 0 Å². The molecule has 1 aliphatic rings. The van der Waals surface area contributed by atoms with E-state index >= 15 is 0 Å². The van der Waals surface area contributed by atoms with Gasteiger partial charge in [-0.3, -0.25) is 9.69 Å². The number of benzene rings is 1. The first-order chi connectivity index (χ1) is 14.2. The predicted molar refractivity (Wildman–Crippen MR) is 126 cm³/mol. The molecule has 2 heterocycles. The first-order valence-electron chi connectivity index (χ1n) is 11.2. The Labute approximate surface area is 178 Å². The Morgan fingerprint density at radius 3 is 2.24 bits per heavy atom. The predicted octanol–water partition coefficient (Wildman–Crippen LogP) is 5.20. The lowest BCUT2D eigenvalue weighted by molar-refractivity contribution is -0.121. The molecule has 0 saturated carbocycles. The quantitative estimate of drug-likeness (QED) is 0.687. The van der Waals surface area contributed by atoms with E-state index in [0.717, 1.165) is 29.3 Å². The van der Waals surface area contributed by atoms with Gasteiger partial charge in [0.2, 0.25) is 5.91 Å².